The lowest BCUT2D eigenvalue weighted by atomic mass is 10.1. The van der Waals surface area contributed by atoms with E-state index in [0.29, 0.717) is 17.7 Å². The first-order valence-electron chi connectivity index (χ1n) is 8.55. The summed E-state index contributed by atoms with van der Waals surface area (Å²) in [5.74, 6) is -0.450. The van der Waals surface area contributed by atoms with Crippen molar-refractivity contribution in [3.05, 3.63) is 65.5 Å². The Hall–Kier alpha value is -2.69. The molecule has 1 fully saturated rings. The second-order valence-corrected chi connectivity index (χ2v) is 6.26. The van der Waals surface area contributed by atoms with Crippen LogP contribution in [0.2, 0.25) is 0 Å². The number of carbonyl (C=O) groups is 2. The van der Waals surface area contributed by atoms with Crippen molar-refractivity contribution >= 4 is 17.5 Å². The Bertz CT molecular complexity index is 770. The predicted molar refractivity (Wildman–Crippen MR) is 94.9 cm³/mol. The third-order valence-electron chi connectivity index (χ3n) is 4.32. The minimum Gasteiger partial charge on any atom is -0.339 e. The van der Waals surface area contributed by atoms with Gasteiger partial charge in [-0.15, -0.1) is 0 Å². The number of hydrogen-bond acceptors (Lipinski definition) is 2. The highest BCUT2D eigenvalue weighted by molar-refractivity contribution is 5.97. The molecule has 25 heavy (non-hydrogen) atoms. The van der Waals surface area contributed by atoms with Crippen molar-refractivity contribution < 1.29 is 14.0 Å². The molecule has 0 bridgehead atoms. The average Bonchev–Trinajstić information content (AvgIpc) is 3.14. The lowest BCUT2D eigenvalue weighted by Gasteiger charge is -2.15. The van der Waals surface area contributed by atoms with Crippen LogP contribution in [0, 0.1) is 5.82 Å². The fourth-order valence-electron chi connectivity index (χ4n) is 3.01. The third kappa shape index (κ3) is 4.66. The molecule has 0 aliphatic carbocycles. The van der Waals surface area contributed by atoms with E-state index in [1.807, 2.05) is 4.90 Å². The van der Waals surface area contributed by atoms with Crippen LogP contribution in [0.15, 0.2) is 48.5 Å². The number of carbonyl (C=O) groups excluding carboxylic acids is 2. The molecule has 0 atom stereocenters. The second kappa shape index (κ2) is 7.92. The van der Waals surface area contributed by atoms with E-state index >= 15 is 0 Å². The summed E-state index contributed by atoms with van der Waals surface area (Å²) in [7, 11) is 0. The van der Waals surface area contributed by atoms with Gasteiger partial charge < -0.3 is 10.2 Å². The monoisotopic (exact) mass is 340 g/mol. The van der Waals surface area contributed by atoms with Gasteiger partial charge in [0.1, 0.15) is 5.82 Å². The summed E-state index contributed by atoms with van der Waals surface area (Å²) in [5, 5.41) is 2.81. The van der Waals surface area contributed by atoms with Gasteiger partial charge >= 0.3 is 0 Å². The molecule has 2 aromatic carbocycles. The SMILES string of the molecule is O=C(CCc1cccc(F)c1)Nc1cccc(C(=O)N2CCCC2)c1. The van der Waals surface area contributed by atoms with Crippen molar-refractivity contribution in [2.24, 2.45) is 0 Å². The molecule has 1 heterocycles. The van der Waals surface area contributed by atoms with Gasteiger partial charge in [0.15, 0.2) is 0 Å². The minimum absolute atomic E-state index is 0.00774. The molecule has 5 heteroatoms. The first kappa shape index (κ1) is 17.1. The normalized spacial score (nSPS) is 13.7. The van der Waals surface area contributed by atoms with Gasteiger partial charge in [0.2, 0.25) is 5.91 Å². The van der Waals surface area contributed by atoms with E-state index in [9.17, 15) is 14.0 Å². The molecule has 0 radical (unpaired) electrons. The van der Waals surface area contributed by atoms with Crippen molar-refractivity contribution in [3.63, 3.8) is 0 Å². The van der Waals surface area contributed by atoms with Crippen LogP contribution in [0.5, 0.6) is 0 Å². The van der Waals surface area contributed by atoms with Crippen molar-refractivity contribution in [1.29, 1.82) is 0 Å². The maximum Gasteiger partial charge on any atom is 0.253 e. The number of halogens is 1. The number of benzene rings is 2. The van der Waals surface area contributed by atoms with Crippen LogP contribution in [0.3, 0.4) is 0 Å². The molecule has 2 aromatic rings. The lowest BCUT2D eigenvalue weighted by molar-refractivity contribution is -0.116. The molecular formula is C20H21FN2O2. The van der Waals surface area contributed by atoms with E-state index in [2.05, 4.69) is 5.32 Å². The molecule has 1 aliphatic rings. The molecule has 1 saturated heterocycles. The van der Waals surface area contributed by atoms with Crippen LogP contribution < -0.4 is 5.32 Å². The highest BCUT2D eigenvalue weighted by atomic mass is 19.1. The maximum atomic E-state index is 13.2. The number of aryl methyl sites for hydroxylation is 1. The van der Waals surface area contributed by atoms with Gasteiger partial charge in [0.25, 0.3) is 5.91 Å². The summed E-state index contributed by atoms with van der Waals surface area (Å²) in [6, 6.07) is 13.3. The smallest absolute Gasteiger partial charge is 0.253 e. The lowest BCUT2D eigenvalue weighted by Crippen LogP contribution is -2.27. The van der Waals surface area contributed by atoms with Crippen LogP contribution in [-0.2, 0) is 11.2 Å². The number of hydrogen-bond donors (Lipinski definition) is 1. The number of rotatable bonds is 5. The molecule has 3 rings (SSSR count). The van der Waals surface area contributed by atoms with Crippen molar-refractivity contribution in [3.8, 4) is 0 Å². The quantitative estimate of drug-likeness (QED) is 0.903. The van der Waals surface area contributed by atoms with Gasteiger partial charge in [-0.05, 0) is 55.2 Å². The van der Waals surface area contributed by atoms with Crippen LogP contribution in [0.25, 0.3) is 0 Å². The Kier molecular flexibility index (Phi) is 5.43. The zero-order valence-electron chi connectivity index (χ0n) is 14.0. The highest BCUT2D eigenvalue weighted by Crippen LogP contribution is 2.17. The van der Waals surface area contributed by atoms with Gasteiger partial charge in [-0.25, -0.2) is 4.39 Å². The van der Waals surface area contributed by atoms with Gasteiger partial charge in [-0.2, -0.15) is 0 Å². The number of amides is 2. The highest BCUT2D eigenvalue weighted by Gasteiger charge is 2.19. The van der Waals surface area contributed by atoms with Crippen molar-refractivity contribution in [1.82, 2.24) is 4.90 Å². The summed E-state index contributed by atoms with van der Waals surface area (Å²) in [6.45, 7) is 1.59. The molecule has 130 valence electrons. The molecule has 2 amide bonds. The molecule has 0 aromatic heterocycles. The number of nitrogens with zero attached hydrogens (tertiary/aromatic N) is 1. The summed E-state index contributed by atoms with van der Waals surface area (Å²) in [5.41, 5.74) is 1.98. The Morgan fingerprint density at radius 1 is 1.04 bits per heavy atom. The Labute approximate surface area is 146 Å². The fraction of sp³-hybridized carbons (Fsp3) is 0.300. The van der Waals surface area contributed by atoms with Crippen LogP contribution in [0.4, 0.5) is 10.1 Å². The van der Waals surface area contributed by atoms with E-state index in [0.717, 1.165) is 31.5 Å². The van der Waals surface area contributed by atoms with E-state index < -0.39 is 0 Å². The van der Waals surface area contributed by atoms with E-state index in [1.54, 1.807) is 36.4 Å². The van der Waals surface area contributed by atoms with Crippen LogP contribution in [-0.4, -0.2) is 29.8 Å². The minimum atomic E-state index is -0.300. The Balaban J connectivity index is 1.57. The number of likely N-dealkylation sites (tertiary alicyclic amines) is 1. The van der Waals surface area contributed by atoms with Crippen molar-refractivity contribution in [2.75, 3.05) is 18.4 Å². The van der Waals surface area contributed by atoms with Crippen molar-refractivity contribution in [2.45, 2.75) is 25.7 Å². The first-order chi connectivity index (χ1) is 12.1. The summed E-state index contributed by atoms with van der Waals surface area (Å²) < 4.78 is 13.2. The second-order valence-electron chi connectivity index (χ2n) is 6.26. The van der Waals surface area contributed by atoms with E-state index in [4.69, 9.17) is 0 Å². The third-order valence-corrected chi connectivity index (χ3v) is 4.32. The van der Waals surface area contributed by atoms with Crippen LogP contribution >= 0.6 is 0 Å². The first-order valence-corrected chi connectivity index (χ1v) is 8.55. The van der Waals surface area contributed by atoms with Gasteiger partial charge in [-0.1, -0.05) is 18.2 Å². The molecule has 1 N–H and O–H groups in total. The van der Waals surface area contributed by atoms with Crippen LogP contribution in [0.1, 0.15) is 35.2 Å². The average molecular weight is 340 g/mol. The Morgan fingerprint density at radius 3 is 2.56 bits per heavy atom. The molecule has 0 saturated carbocycles. The number of anilines is 1. The molecule has 1 aliphatic heterocycles. The van der Waals surface area contributed by atoms with Gasteiger partial charge in [0, 0.05) is 30.8 Å². The maximum absolute atomic E-state index is 13.2. The standard InChI is InChI=1S/C20H21FN2O2/c21-17-7-3-5-15(13-17)9-10-19(24)22-18-8-4-6-16(14-18)20(25)23-11-1-2-12-23/h3-8,13-14H,1-2,9-12H2,(H,22,24). The number of nitrogens with one attached hydrogen (secondary N) is 1. The zero-order chi connectivity index (χ0) is 17.6. The fourth-order valence-corrected chi connectivity index (χ4v) is 3.01. The predicted octanol–water partition coefficient (Wildman–Crippen LogP) is 3.63. The summed E-state index contributed by atoms with van der Waals surface area (Å²) in [4.78, 5) is 26.4. The largest absolute Gasteiger partial charge is 0.339 e. The summed E-state index contributed by atoms with van der Waals surface area (Å²) >= 11 is 0. The molecule has 0 unspecified atom stereocenters. The molecule has 0 spiro atoms. The molecule has 4 nitrogen and oxygen atoms in total. The van der Waals surface area contributed by atoms with E-state index in [-0.39, 0.29) is 24.1 Å². The topological polar surface area (TPSA) is 49.4 Å². The van der Waals surface area contributed by atoms with Gasteiger partial charge in [0.05, 0.1) is 0 Å². The zero-order valence-corrected chi connectivity index (χ0v) is 14.0. The Morgan fingerprint density at radius 2 is 1.80 bits per heavy atom. The summed E-state index contributed by atoms with van der Waals surface area (Å²) in [6.07, 6.45) is 2.81. The van der Waals surface area contributed by atoms with E-state index in [1.165, 1.54) is 12.1 Å². The van der Waals surface area contributed by atoms with Gasteiger partial charge in [-0.3, -0.25) is 9.59 Å². The molecular weight excluding hydrogens is 319 g/mol.